The summed E-state index contributed by atoms with van der Waals surface area (Å²) in [5.74, 6) is 1.47. The van der Waals surface area contributed by atoms with Crippen molar-refractivity contribution in [3.8, 4) is 11.5 Å². The summed E-state index contributed by atoms with van der Waals surface area (Å²) >= 11 is 5.35. The zero-order valence-corrected chi connectivity index (χ0v) is 9.66. The number of rotatable bonds is 2. The quantitative estimate of drug-likeness (QED) is 0.589. The number of hydrogen-bond donors (Lipinski definition) is 0. The second-order valence-electron chi connectivity index (χ2n) is 3.59. The zero-order chi connectivity index (χ0) is 11.5. The van der Waals surface area contributed by atoms with Crippen molar-refractivity contribution >= 4 is 17.0 Å². The topological polar surface area (TPSA) is 38.8 Å². The minimum Gasteiger partial charge on any atom is -0.486 e. The highest BCUT2D eigenvalue weighted by Crippen LogP contribution is 2.31. The van der Waals surface area contributed by atoms with E-state index in [1.165, 1.54) is 4.90 Å². The zero-order valence-electron chi connectivity index (χ0n) is 8.90. The number of carbonyl (C=O) groups is 1. The first-order valence-electron chi connectivity index (χ1n) is 4.96. The van der Waals surface area contributed by atoms with Gasteiger partial charge in [0.2, 0.25) is 0 Å². The first kappa shape index (κ1) is 11.1. The van der Waals surface area contributed by atoms with Crippen LogP contribution >= 0.6 is 11.6 Å². The lowest BCUT2D eigenvalue weighted by atomic mass is 10.2. The summed E-state index contributed by atoms with van der Waals surface area (Å²) in [5, 5.41) is -0.477. The van der Waals surface area contributed by atoms with Gasteiger partial charge in [-0.3, -0.25) is 4.79 Å². The second-order valence-corrected chi connectivity index (χ2v) is 3.91. The number of carbonyl (C=O) groups excluding carboxylic acids is 1. The number of ether oxygens (including phenoxy) is 2. The van der Waals surface area contributed by atoms with Crippen LogP contribution in [-0.4, -0.2) is 30.5 Å². The van der Waals surface area contributed by atoms with Crippen LogP contribution in [0.5, 0.6) is 11.5 Å². The van der Waals surface area contributed by atoms with Crippen molar-refractivity contribution in [1.82, 2.24) is 4.90 Å². The average Bonchev–Trinajstić information content (AvgIpc) is 2.28. The molecule has 0 N–H and O–H groups in total. The number of benzene rings is 1. The van der Waals surface area contributed by atoms with E-state index in [2.05, 4.69) is 0 Å². The van der Waals surface area contributed by atoms with Crippen LogP contribution in [0.1, 0.15) is 5.56 Å². The number of hydrogen-bond acceptors (Lipinski definition) is 3. The summed E-state index contributed by atoms with van der Waals surface area (Å²) in [4.78, 5) is 12.3. The fourth-order valence-corrected chi connectivity index (χ4v) is 1.58. The molecular weight excluding hydrogens is 230 g/mol. The minimum atomic E-state index is -0.477. The van der Waals surface area contributed by atoms with Crippen molar-refractivity contribution in [2.45, 2.75) is 6.54 Å². The summed E-state index contributed by atoms with van der Waals surface area (Å²) < 4.78 is 10.8. The van der Waals surface area contributed by atoms with Gasteiger partial charge in [0.15, 0.2) is 11.5 Å². The van der Waals surface area contributed by atoms with Gasteiger partial charge in [0.1, 0.15) is 13.2 Å². The van der Waals surface area contributed by atoms with Crippen LogP contribution in [0.4, 0.5) is 4.79 Å². The molecule has 1 aromatic rings. The van der Waals surface area contributed by atoms with Gasteiger partial charge in [-0.1, -0.05) is 6.07 Å². The molecule has 86 valence electrons. The number of nitrogens with zero attached hydrogens (tertiary/aromatic N) is 1. The maximum Gasteiger partial charge on any atom is 0.316 e. The average molecular weight is 242 g/mol. The third kappa shape index (κ3) is 2.39. The van der Waals surface area contributed by atoms with Crippen LogP contribution < -0.4 is 9.47 Å². The van der Waals surface area contributed by atoms with E-state index in [0.29, 0.717) is 19.8 Å². The molecule has 0 aliphatic carbocycles. The molecular formula is C11H12ClNO3. The van der Waals surface area contributed by atoms with Crippen LogP contribution in [0.25, 0.3) is 0 Å². The molecule has 0 saturated carbocycles. The van der Waals surface area contributed by atoms with Gasteiger partial charge in [-0.05, 0) is 29.3 Å². The first-order valence-corrected chi connectivity index (χ1v) is 5.34. The Labute approximate surface area is 98.7 Å². The molecule has 1 aliphatic heterocycles. The maximum absolute atomic E-state index is 10.9. The highest BCUT2D eigenvalue weighted by molar-refractivity contribution is 6.62. The van der Waals surface area contributed by atoms with Crippen LogP contribution in [0, 0.1) is 0 Å². The van der Waals surface area contributed by atoms with Crippen LogP contribution in [0.15, 0.2) is 18.2 Å². The van der Waals surface area contributed by atoms with Gasteiger partial charge < -0.3 is 14.4 Å². The highest BCUT2D eigenvalue weighted by Gasteiger charge is 2.13. The van der Waals surface area contributed by atoms with E-state index >= 15 is 0 Å². The second kappa shape index (κ2) is 4.61. The number of halogens is 1. The molecule has 0 bridgehead atoms. The third-order valence-electron chi connectivity index (χ3n) is 2.33. The Morgan fingerprint density at radius 2 is 2.06 bits per heavy atom. The van der Waals surface area contributed by atoms with Crippen LogP contribution in [0.3, 0.4) is 0 Å². The van der Waals surface area contributed by atoms with Crippen LogP contribution in [0.2, 0.25) is 0 Å². The van der Waals surface area contributed by atoms with E-state index in [1.54, 1.807) is 7.05 Å². The normalized spacial score (nSPS) is 13.4. The Hall–Kier alpha value is -1.42. The fraction of sp³-hybridized carbons (Fsp3) is 0.364. The Kier molecular flexibility index (Phi) is 3.19. The monoisotopic (exact) mass is 241 g/mol. The Morgan fingerprint density at radius 3 is 2.75 bits per heavy atom. The summed E-state index contributed by atoms with van der Waals surface area (Å²) in [6, 6.07) is 5.60. The minimum absolute atomic E-state index is 0.457. The molecule has 1 amide bonds. The van der Waals surface area contributed by atoms with E-state index in [-0.39, 0.29) is 0 Å². The van der Waals surface area contributed by atoms with Crippen molar-refractivity contribution in [2.24, 2.45) is 0 Å². The van der Waals surface area contributed by atoms with Gasteiger partial charge in [0, 0.05) is 13.6 Å². The van der Waals surface area contributed by atoms with E-state index < -0.39 is 5.37 Å². The van der Waals surface area contributed by atoms with E-state index in [0.717, 1.165) is 17.1 Å². The first-order chi connectivity index (χ1) is 7.66. The van der Waals surface area contributed by atoms with E-state index in [4.69, 9.17) is 21.1 Å². The van der Waals surface area contributed by atoms with Crippen molar-refractivity contribution in [3.63, 3.8) is 0 Å². The molecule has 2 rings (SSSR count). The molecule has 5 heteroatoms. The Bertz CT molecular complexity index is 408. The summed E-state index contributed by atoms with van der Waals surface area (Å²) in [5.41, 5.74) is 0.959. The van der Waals surface area contributed by atoms with E-state index in [1.807, 2.05) is 18.2 Å². The summed E-state index contributed by atoms with van der Waals surface area (Å²) in [7, 11) is 1.64. The van der Waals surface area contributed by atoms with Crippen molar-refractivity contribution < 1.29 is 14.3 Å². The molecule has 16 heavy (non-hydrogen) atoms. The Balaban J connectivity index is 2.14. The van der Waals surface area contributed by atoms with Crippen molar-refractivity contribution in [3.05, 3.63) is 23.8 Å². The molecule has 1 aliphatic rings. The largest absolute Gasteiger partial charge is 0.486 e. The van der Waals surface area contributed by atoms with Gasteiger partial charge >= 0.3 is 5.37 Å². The standard InChI is InChI=1S/C11H12ClNO3/c1-13(11(12)14)7-8-2-3-9-10(6-8)16-5-4-15-9/h2-3,6H,4-5,7H2,1H3. The summed E-state index contributed by atoms with van der Waals surface area (Å²) in [6.45, 7) is 1.59. The lowest BCUT2D eigenvalue weighted by Gasteiger charge is -2.20. The van der Waals surface area contributed by atoms with E-state index in [9.17, 15) is 4.79 Å². The van der Waals surface area contributed by atoms with Crippen molar-refractivity contribution in [1.29, 1.82) is 0 Å². The van der Waals surface area contributed by atoms with Crippen molar-refractivity contribution in [2.75, 3.05) is 20.3 Å². The molecule has 0 atom stereocenters. The Morgan fingerprint density at radius 1 is 1.38 bits per heavy atom. The van der Waals surface area contributed by atoms with Gasteiger partial charge in [-0.15, -0.1) is 0 Å². The molecule has 0 saturated heterocycles. The number of fused-ring (bicyclic) bond motifs is 1. The molecule has 0 fully saturated rings. The summed E-state index contributed by atoms with van der Waals surface area (Å²) in [6.07, 6.45) is 0. The third-order valence-corrected chi connectivity index (χ3v) is 2.61. The van der Waals surface area contributed by atoms with Crippen LogP contribution in [-0.2, 0) is 6.54 Å². The number of amides is 1. The molecule has 1 heterocycles. The molecule has 0 unspecified atom stereocenters. The SMILES string of the molecule is CN(Cc1ccc2c(c1)OCCO2)C(=O)Cl. The molecule has 0 spiro atoms. The highest BCUT2D eigenvalue weighted by atomic mass is 35.5. The lowest BCUT2D eigenvalue weighted by molar-refractivity contribution is 0.171. The maximum atomic E-state index is 10.9. The predicted octanol–water partition coefficient (Wildman–Crippen LogP) is 2.25. The van der Waals surface area contributed by atoms with Gasteiger partial charge in [0.05, 0.1) is 0 Å². The van der Waals surface area contributed by atoms with Gasteiger partial charge in [0.25, 0.3) is 0 Å². The fourth-order valence-electron chi connectivity index (χ4n) is 1.52. The molecule has 4 nitrogen and oxygen atoms in total. The lowest BCUT2D eigenvalue weighted by Crippen LogP contribution is -2.20. The molecule has 1 aromatic carbocycles. The smallest absolute Gasteiger partial charge is 0.316 e. The molecule has 0 radical (unpaired) electrons. The predicted molar refractivity (Wildman–Crippen MR) is 60.1 cm³/mol. The van der Waals surface area contributed by atoms with Gasteiger partial charge in [-0.2, -0.15) is 0 Å². The molecule has 0 aromatic heterocycles. The van der Waals surface area contributed by atoms with Gasteiger partial charge in [-0.25, -0.2) is 0 Å².